The number of hydrogen-bond donors (Lipinski definition) is 1. The van der Waals surface area contributed by atoms with Crippen LogP contribution in [0.25, 0.3) is 0 Å². The molecule has 0 spiro atoms. The molecular weight excluding hydrogens is 232 g/mol. The van der Waals surface area contributed by atoms with Crippen molar-refractivity contribution in [2.45, 2.75) is 11.8 Å². The van der Waals surface area contributed by atoms with Crippen LogP contribution in [-0.2, 0) is 9.84 Å². The molecule has 0 amide bonds. The minimum Gasteiger partial charge on any atom is -0.481 e. The molecule has 0 aliphatic rings. The van der Waals surface area contributed by atoms with Gasteiger partial charge in [-0.3, -0.25) is 9.78 Å². The van der Waals surface area contributed by atoms with Crippen molar-refractivity contribution in [3.05, 3.63) is 21.5 Å². The molecule has 16 heavy (non-hydrogen) atoms. The quantitative estimate of drug-likeness (QED) is 0.784. The van der Waals surface area contributed by atoms with Crippen LogP contribution in [0, 0.1) is 18.3 Å². The Morgan fingerprint density at radius 1 is 1.44 bits per heavy atom. The molecule has 0 aromatic carbocycles. The summed E-state index contributed by atoms with van der Waals surface area (Å²) < 4.78 is 27.5. The molecule has 0 fully saturated rings. The summed E-state index contributed by atoms with van der Waals surface area (Å²) in [4.78, 5) is 13.3. The monoisotopic (exact) mass is 242 g/mol. The van der Waals surface area contributed by atoms with Gasteiger partial charge >= 0.3 is 0 Å². The maximum atomic E-state index is 11.5. The smallest absolute Gasteiger partial charge is 0.269 e. The van der Waals surface area contributed by atoms with Gasteiger partial charge in [0.1, 0.15) is 16.5 Å². The molecule has 0 aliphatic heterocycles. The highest BCUT2D eigenvalue weighted by Gasteiger charge is 2.21. The van der Waals surface area contributed by atoms with Gasteiger partial charge in [0.15, 0.2) is 9.84 Å². The second kappa shape index (κ2) is 3.98. The molecule has 86 valence electrons. The van der Waals surface area contributed by atoms with Gasteiger partial charge in [-0.2, -0.15) is 5.26 Å². The van der Waals surface area contributed by atoms with E-state index in [1.54, 1.807) is 6.07 Å². The number of H-pyrrole nitrogens is 1. The van der Waals surface area contributed by atoms with Crippen LogP contribution in [0.1, 0.15) is 11.1 Å². The summed E-state index contributed by atoms with van der Waals surface area (Å²) in [7, 11) is -2.39. The van der Waals surface area contributed by atoms with Crippen LogP contribution in [0.2, 0.25) is 0 Å². The molecule has 1 heterocycles. The fourth-order valence-electron chi connectivity index (χ4n) is 1.41. The maximum absolute atomic E-state index is 11.5. The van der Waals surface area contributed by atoms with E-state index in [4.69, 9.17) is 10.00 Å². The first-order valence-electron chi connectivity index (χ1n) is 4.24. The number of nitriles is 1. The van der Waals surface area contributed by atoms with Gasteiger partial charge in [-0.25, -0.2) is 8.42 Å². The number of sulfone groups is 1. The zero-order valence-corrected chi connectivity index (χ0v) is 9.80. The molecule has 6 nitrogen and oxygen atoms in total. The van der Waals surface area contributed by atoms with Crippen molar-refractivity contribution in [1.29, 1.82) is 5.26 Å². The van der Waals surface area contributed by atoms with Crippen molar-refractivity contribution in [3.8, 4) is 11.9 Å². The number of aromatic amines is 1. The molecule has 0 atom stereocenters. The molecule has 7 heteroatoms. The summed E-state index contributed by atoms with van der Waals surface area (Å²) in [5, 5.41) is 8.86. The van der Waals surface area contributed by atoms with Gasteiger partial charge in [-0.1, -0.05) is 0 Å². The van der Waals surface area contributed by atoms with Crippen molar-refractivity contribution < 1.29 is 13.2 Å². The lowest BCUT2D eigenvalue weighted by Gasteiger charge is -2.08. The third-order valence-corrected chi connectivity index (χ3v) is 3.30. The van der Waals surface area contributed by atoms with Crippen molar-refractivity contribution in [2.75, 3.05) is 13.4 Å². The number of rotatable bonds is 2. The van der Waals surface area contributed by atoms with Gasteiger partial charge < -0.3 is 4.74 Å². The third kappa shape index (κ3) is 1.92. The molecule has 0 radical (unpaired) electrons. The van der Waals surface area contributed by atoms with Crippen LogP contribution in [-0.4, -0.2) is 26.8 Å². The Labute approximate surface area is 92.4 Å². The summed E-state index contributed by atoms with van der Waals surface area (Å²) in [6, 6.07) is 1.79. The van der Waals surface area contributed by atoms with Gasteiger partial charge in [0, 0.05) is 6.26 Å². The zero-order valence-electron chi connectivity index (χ0n) is 8.99. The predicted molar refractivity (Wildman–Crippen MR) is 56.2 cm³/mol. The van der Waals surface area contributed by atoms with Gasteiger partial charge in [-0.05, 0) is 12.5 Å². The Morgan fingerprint density at radius 2 is 2.00 bits per heavy atom. The van der Waals surface area contributed by atoms with Crippen LogP contribution in [0.3, 0.4) is 0 Å². The van der Waals surface area contributed by atoms with Gasteiger partial charge in [0.2, 0.25) is 5.88 Å². The maximum Gasteiger partial charge on any atom is 0.269 e. The van der Waals surface area contributed by atoms with Crippen LogP contribution >= 0.6 is 0 Å². The third-order valence-electron chi connectivity index (χ3n) is 2.06. The summed E-state index contributed by atoms with van der Waals surface area (Å²) >= 11 is 0. The fourth-order valence-corrected chi connectivity index (χ4v) is 2.46. The highest BCUT2D eigenvalue weighted by Crippen LogP contribution is 2.21. The van der Waals surface area contributed by atoms with Crippen LogP contribution in [0.4, 0.5) is 0 Å². The highest BCUT2D eigenvalue weighted by molar-refractivity contribution is 7.90. The number of nitrogens with one attached hydrogen (secondary N) is 1. The first-order chi connectivity index (χ1) is 7.32. The van der Waals surface area contributed by atoms with Crippen LogP contribution in [0.5, 0.6) is 5.88 Å². The molecule has 0 bridgehead atoms. The fraction of sp³-hybridized carbons (Fsp3) is 0.333. The van der Waals surface area contributed by atoms with E-state index in [0.29, 0.717) is 0 Å². The lowest BCUT2D eigenvalue weighted by Crippen LogP contribution is -2.20. The van der Waals surface area contributed by atoms with E-state index in [0.717, 1.165) is 6.26 Å². The predicted octanol–water partition coefficient (Wildman–Crippen LogP) is -0.0329. The number of hydrogen-bond acceptors (Lipinski definition) is 5. The number of methoxy groups -OCH3 is 1. The van der Waals surface area contributed by atoms with Crippen molar-refractivity contribution >= 4 is 9.84 Å². The van der Waals surface area contributed by atoms with Crippen molar-refractivity contribution in [1.82, 2.24) is 4.98 Å². The second-order valence-corrected chi connectivity index (χ2v) is 5.15. The Morgan fingerprint density at radius 3 is 2.38 bits per heavy atom. The Bertz CT molecular complexity index is 622. The van der Waals surface area contributed by atoms with Crippen LogP contribution in [0.15, 0.2) is 9.69 Å². The summed E-state index contributed by atoms with van der Waals surface area (Å²) in [5.74, 6) is -0.0302. The van der Waals surface area contributed by atoms with E-state index < -0.39 is 20.3 Å². The normalized spacial score (nSPS) is 10.9. The lowest BCUT2D eigenvalue weighted by atomic mass is 10.2. The molecule has 1 aromatic rings. The minimum atomic E-state index is -3.67. The molecule has 0 aliphatic carbocycles. The largest absolute Gasteiger partial charge is 0.481 e. The number of ether oxygens (including phenoxy) is 1. The minimum absolute atomic E-state index is 0.0162. The topological polar surface area (TPSA) is 100 Å². The molecule has 0 unspecified atom stereocenters. The molecular formula is C9H10N2O4S. The SMILES string of the molecule is COc1[nH]c(=O)c(S(C)(=O)=O)c(C)c1C#N. The highest BCUT2D eigenvalue weighted by atomic mass is 32.2. The second-order valence-electron chi connectivity index (χ2n) is 3.20. The number of nitrogens with zero attached hydrogens (tertiary/aromatic N) is 1. The van der Waals surface area contributed by atoms with E-state index in [9.17, 15) is 13.2 Å². The van der Waals surface area contributed by atoms with Gasteiger partial charge in [-0.15, -0.1) is 0 Å². The first-order valence-corrected chi connectivity index (χ1v) is 6.13. The first kappa shape index (κ1) is 12.3. The van der Waals surface area contributed by atoms with E-state index in [1.165, 1.54) is 14.0 Å². The lowest BCUT2D eigenvalue weighted by molar-refractivity contribution is 0.393. The van der Waals surface area contributed by atoms with Gasteiger partial charge in [0.05, 0.1) is 7.11 Å². The standard InChI is InChI=1S/C9H10N2O4S/c1-5-6(4-10)9(15-2)11-8(12)7(5)16(3,13)14/h1-3H3,(H,11,12). The van der Waals surface area contributed by atoms with E-state index in [1.807, 2.05) is 0 Å². The average molecular weight is 242 g/mol. The summed E-state index contributed by atoms with van der Waals surface area (Å²) in [5.41, 5.74) is -0.663. The van der Waals surface area contributed by atoms with E-state index in [2.05, 4.69) is 4.98 Å². The van der Waals surface area contributed by atoms with Crippen LogP contribution < -0.4 is 10.3 Å². The Kier molecular flexibility index (Phi) is 3.05. The molecule has 1 aromatic heterocycles. The zero-order chi connectivity index (χ0) is 12.5. The molecule has 0 saturated carbocycles. The Hall–Kier alpha value is -1.81. The van der Waals surface area contributed by atoms with Gasteiger partial charge in [0.25, 0.3) is 5.56 Å². The average Bonchev–Trinajstić information content (AvgIpc) is 2.14. The summed E-state index contributed by atoms with van der Waals surface area (Å²) in [6.07, 6.45) is 0.915. The van der Waals surface area contributed by atoms with Crippen molar-refractivity contribution in [3.63, 3.8) is 0 Å². The molecule has 1 rings (SSSR count). The van der Waals surface area contributed by atoms with Crippen molar-refractivity contribution in [2.24, 2.45) is 0 Å². The summed E-state index contributed by atoms with van der Waals surface area (Å²) in [6.45, 7) is 1.40. The molecule has 0 saturated heterocycles. The molecule has 1 N–H and O–H groups in total. The van der Waals surface area contributed by atoms with E-state index >= 15 is 0 Å². The van der Waals surface area contributed by atoms with E-state index in [-0.39, 0.29) is 17.0 Å². The number of pyridine rings is 1. The number of aromatic nitrogens is 1. The Balaban J connectivity index is 3.84.